The molecule has 3 heterocycles. The number of anilines is 2. The van der Waals surface area contributed by atoms with E-state index in [2.05, 4.69) is 21.7 Å². The number of nitrogens with zero attached hydrogens (tertiary/aromatic N) is 3. The van der Waals surface area contributed by atoms with Gasteiger partial charge in [-0.2, -0.15) is 0 Å². The summed E-state index contributed by atoms with van der Waals surface area (Å²) in [7, 11) is 3.01. The summed E-state index contributed by atoms with van der Waals surface area (Å²) >= 11 is 12.2. The first kappa shape index (κ1) is 28.4. The van der Waals surface area contributed by atoms with Gasteiger partial charge < -0.3 is 34.7 Å². The minimum absolute atomic E-state index is 0.0935. The summed E-state index contributed by atoms with van der Waals surface area (Å²) < 4.78 is 12.5. The molecule has 41 heavy (non-hydrogen) atoms. The molecule has 2 unspecified atom stereocenters. The maximum Gasteiger partial charge on any atom is 0.250 e. The summed E-state index contributed by atoms with van der Waals surface area (Å²) in [5, 5.41) is 18.1. The van der Waals surface area contributed by atoms with Gasteiger partial charge in [-0.25, -0.2) is 0 Å². The van der Waals surface area contributed by atoms with Crippen LogP contribution in [-0.4, -0.2) is 46.5 Å². The lowest BCUT2D eigenvalue weighted by Gasteiger charge is -2.29. The first-order chi connectivity index (χ1) is 19.7. The zero-order valence-corrected chi connectivity index (χ0v) is 24.6. The van der Waals surface area contributed by atoms with Gasteiger partial charge in [-0.1, -0.05) is 17.7 Å². The van der Waals surface area contributed by atoms with Crippen LogP contribution < -0.4 is 20.3 Å². The highest BCUT2D eigenvalue weighted by Gasteiger charge is 2.42. The third-order valence-electron chi connectivity index (χ3n) is 7.08. The molecule has 0 aliphatic carbocycles. The molecule has 2 aromatic carbocycles. The monoisotopic (exact) mass is 591 g/mol. The Labute approximate surface area is 248 Å². The van der Waals surface area contributed by atoms with Crippen LogP contribution >= 0.6 is 23.8 Å². The Hall–Kier alpha value is -4.12. The number of phenols is 1. The molecule has 3 N–H and O–H groups in total. The molecule has 4 aromatic rings. The molecule has 1 aliphatic rings. The summed E-state index contributed by atoms with van der Waals surface area (Å²) in [6.45, 7) is 3.89. The number of hydrogen-bond donors (Lipinski definition) is 3. The van der Waals surface area contributed by atoms with E-state index in [0.717, 1.165) is 28.3 Å². The lowest BCUT2D eigenvalue weighted by molar-refractivity contribution is -0.119. The molecule has 1 amide bonds. The van der Waals surface area contributed by atoms with Gasteiger partial charge in [0.25, 0.3) is 0 Å². The van der Waals surface area contributed by atoms with Crippen LogP contribution in [0, 0.1) is 13.8 Å². The minimum atomic E-state index is -0.324. The standard InChI is InChI=1S/C30H30ClN5O4S/c1-17-13-21(18(2)35(17)24-14-19(31)8-10-25(24)37)29-28(22-7-5-6-12-32-22)34-30(41)36(29)20-9-11-26(40-4)23(15-20)33-27(38)16-39-3/h5-15,28-29,37H,16H2,1-4H3,(H,33,38)(H,34,41). The van der Waals surface area contributed by atoms with E-state index >= 15 is 0 Å². The number of carbonyl (C=O) groups is 1. The molecule has 2 aromatic heterocycles. The van der Waals surface area contributed by atoms with Crippen molar-refractivity contribution in [2.75, 3.05) is 31.0 Å². The van der Waals surface area contributed by atoms with E-state index in [1.165, 1.54) is 7.11 Å². The number of amides is 1. The number of phenolic OH excluding ortho intramolecular Hbond substituents is 1. The maximum atomic E-state index is 12.4. The number of halogens is 1. The van der Waals surface area contributed by atoms with Crippen LogP contribution in [0.1, 0.15) is 34.7 Å². The van der Waals surface area contributed by atoms with Gasteiger partial charge in [-0.05, 0) is 86.2 Å². The third kappa shape index (κ3) is 5.46. The van der Waals surface area contributed by atoms with Crippen molar-refractivity contribution in [1.29, 1.82) is 0 Å². The molecular formula is C30H30ClN5O4S. The van der Waals surface area contributed by atoms with Gasteiger partial charge in [0.05, 0.1) is 36.3 Å². The van der Waals surface area contributed by atoms with Crippen molar-refractivity contribution in [3.05, 3.63) is 94.5 Å². The smallest absolute Gasteiger partial charge is 0.250 e. The number of hydrogen-bond acceptors (Lipinski definition) is 6. The van der Waals surface area contributed by atoms with Crippen molar-refractivity contribution < 1.29 is 19.4 Å². The number of carbonyl (C=O) groups excluding carboxylic acids is 1. The molecule has 1 aliphatic heterocycles. The highest BCUT2D eigenvalue weighted by atomic mass is 35.5. The van der Waals surface area contributed by atoms with E-state index in [-0.39, 0.29) is 30.3 Å². The molecule has 0 spiro atoms. The van der Waals surface area contributed by atoms with Crippen LogP contribution in [0.4, 0.5) is 11.4 Å². The lowest BCUT2D eigenvalue weighted by atomic mass is 9.96. The Morgan fingerprint density at radius 1 is 1.15 bits per heavy atom. The number of aromatic hydroxyl groups is 1. The van der Waals surface area contributed by atoms with Crippen molar-refractivity contribution in [2.24, 2.45) is 0 Å². The van der Waals surface area contributed by atoms with Gasteiger partial charge in [0.15, 0.2) is 5.11 Å². The van der Waals surface area contributed by atoms with E-state index in [0.29, 0.717) is 27.3 Å². The number of rotatable bonds is 8. The first-order valence-corrected chi connectivity index (χ1v) is 13.7. The van der Waals surface area contributed by atoms with Crippen molar-refractivity contribution in [3.8, 4) is 17.2 Å². The van der Waals surface area contributed by atoms with Gasteiger partial charge >= 0.3 is 0 Å². The summed E-state index contributed by atoms with van der Waals surface area (Å²) in [6, 6.07) is 17.7. The fourth-order valence-corrected chi connectivity index (χ4v) is 5.86. The number of thiocarbonyl (C=S) groups is 1. The summed E-state index contributed by atoms with van der Waals surface area (Å²) in [4.78, 5) is 19.0. The molecule has 0 radical (unpaired) electrons. The van der Waals surface area contributed by atoms with E-state index in [9.17, 15) is 9.90 Å². The van der Waals surface area contributed by atoms with E-state index < -0.39 is 0 Å². The van der Waals surface area contributed by atoms with Crippen LogP contribution in [0.2, 0.25) is 5.02 Å². The topological polar surface area (TPSA) is 101 Å². The number of nitrogens with one attached hydrogen (secondary N) is 2. The third-order valence-corrected chi connectivity index (χ3v) is 7.63. The van der Waals surface area contributed by atoms with Gasteiger partial charge in [0.2, 0.25) is 5.91 Å². The fraction of sp³-hybridized carbons (Fsp3) is 0.233. The van der Waals surface area contributed by atoms with Crippen molar-refractivity contribution in [3.63, 3.8) is 0 Å². The molecule has 1 saturated heterocycles. The van der Waals surface area contributed by atoms with Gasteiger partial charge in [-0.3, -0.25) is 9.78 Å². The summed E-state index contributed by atoms with van der Waals surface area (Å²) in [6.07, 6.45) is 1.75. The van der Waals surface area contributed by atoms with E-state index in [1.807, 2.05) is 53.6 Å². The molecule has 0 bridgehead atoms. The molecule has 212 valence electrons. The SMILES string of the molecule is COCC(=O)Nc1cc(N2C(=S)NC(c3ccccn3)C2c2cc(C)n(-c3cc(Cl)ccc3O)c2C)ccc1OC. The zero-order chi connectivity index (χ0) is 29.3. The molecule has 2 atom stereocenters. The van der Waals surface area contributed by atoms with Crippen molar-refractivity contribution in [2.45, 2.75) is 25.9 Å². The Kier molecular flexibility index (Phi) is 8.16. The predicted octanol–water partition coefficient (Wildman–Crippen LogP) is 5.62. The normalized spacial score (nSPS) is 16.5. The van der Waals surface area contributed by atoms with E-state index in [1.54, 1.807) is 37.6 Å². The van der Waals surface area contributed by atoms with Crippen molar-refractivity contribution in [1.82, 2.24) is 14.9 Å². The number of aromatic nitrogens is 2. The number of pyridine rings is 1. The molecule has 0 saturated carbocycles. The second-order valence-corrected chi connectivity index (χ2v) is 10.5. The molecule has 9 nitrogen and oxygen atoms in total. The number of ether oxygens (including phenoxy) is 2. The maximum absolute atomic E-state index is 12.4. The second kappa shape index (κ2) is 11.8. The van der Waals surface area contributed by atoms with Crippen LogP contribution in [0.3, 0.4) is 0 Å². The highest BCUT2D eigenvalue weighted by molar-refractivity contribution is 7.80. The average Bonchev–Trinajstić information content (AvgIpc) is 3.45. The van der Waals surface area contributed by atoms with E-state index in [4.69, 9.17) is 33.3 Å². The average molecular weight is 592 g/mol. The summed E-state index contributed by atoms with van der Waals surface area (Å²) in [5.41, 5.74) is 5.44. The Morgan fingerprint density at radius 2 is 1.95 bits per heavy atom. The Bertz CT molecular complexity index is 1610. The Balaban J connectivity index is 1.66. The van der Waals surface area contributed by atoms with Gasteiger partial charge in [0, 0.05) is 35.4 Å². The van der Waals surface area contributed by atoms with Gasteiger partial charge in [-0.15, -0.1) is 0 Å². The van der Waals surface area contributed by atoms with Crippen LogP contribution in [-0.2, 0) is 9.53 Å². The molecule has 11 heteroatoms. The number of benzene rings is 2. The first-order valence-electron chi connectivity index (χ1n) is 12.9. The number of aryl methyl sites for hydroxylation is 1. The Morgan fingerprint density at radius 3 is 2.66 bits per heavy atom. The molecular weight excluding hydrogens is 562 g/mol. The lowest BCUT2D eigenvalue weighted by Crippen LogP contribution is -2.29. The van der Waals surface area contributed by atoms with Crippen LogP contribution in [0.5, 0.6) is 11.5 Å². The predicted molar refractivity (Wildman–Crippen MR) is 163 cm³/mol. The van der Waals surface area contributed by atoms with Crippen LogP contribution in [0.15, 0.2) is 66.9 Å². The number of methoxy groups -OCH3 is 2. The largest absolute Gasteiger partial charge is 0.506 e. The molecule has 1 fully saturated rings. The van der Waals surface area contributed by atoms with Gasteiger partial charge in [0.1, 0.15) is 18.1 Å². The minimum Gasteiger partial charge on any atom is -0.506 e. The second-order valence-electron chi connectivity index (χ2n) is 9.66. The summed E-state index contributed by atoms with van der Waals surface area (Å²) in [5.74, 6) is 0.314. The van der Waals surface area contributed by atoms with Crippen molar-refractivity contribution >= 4 is 46.2 Å². The fourth-order valence-electron chi connectivity index (χ4n) is 5.34. The zero-order valence-electron chi connectivity index (χ0n) is 23.0. The van der Waals surface area contributed by atoms with Crippen LogP contribution in [0.25, 0.3) is 5.69 Å². The molecule has 5 rings (SSSR count). The quantitative estimate of drug-likeness (QED) is 0.227. The highest BCUT2D eigenvalue weighted by Crippen LogP contribution is 2.45.